The van der Waals surface area contributed by atoms with Gasteiger partial charge in [-0.05, 0) is 50.6 Å². The summed E-state index contributed by atoms with van der Waals surface area (Å²) in [5.41, 5.74) is 1.32. The van der Waals surface area contributed by atoms with Crippen LogP contribution in [0.4, 0.5) is 5.69 Å². The maximum Gasteiger partial charge on any atom is 0.255 e. The largest absolute Gasteiger partial charge is 0.510 e. The molecular weight excluding hydrogens is 482 g/mol. The van der Waals surface area contributed by atoms with E-state index in [0.29, 0.717) is 0 Å². The number of aromatic hydroxyl groups is 1. The van der Waals surface area contributed by atoms with Gasteiger partial charge in [-0.1, -0.05) is 0 Å². The van der Waals surface area contributed by atoms with Gasteiger partial charge in [-0.2, -0.15) is 0 Å². The molecule has 0 saturated heterocycles. The van der Waals surface area contributed by atoms with Crippen LogP contribution < -0.4 is 10.5 Å². The number of benzene rings is 1. The Morgan fingerprint density at radius 3 is 2.37 bits per heavy atom. The van der Waals surface area contributed by atoms with E-state index in [4.69, 9.17) is 5.73 Å². The average Bonchev–Trinajstić information content (AvgIpc) is 2.71. The number of ketones is 2. The van der Waals surface area contributed by atoms with Gasteiger partial charge in [-0.25, -0.2) is 8.42 Å². The Bertz CT molecular complexity index is 1360. The highest BCUT2D eigenvalue weighted by atomic mass is 32.2. The van der Waals surface area contributed by atoms with Crippen molar-refractivity contribution in [1.82, 2.24) is 4.90 Å². The van der Waals surface area contributed by atoms with Gasteiger partial charge in [0.25, 0.3) is 5.91 Å². The molecule has 0 aromatic heterocycles. The summed E-state index contributed by atoms with van der Waals surface area (Å²) in [6.45, 7) is 0. The van der Waals surface area contributed by atoms with E-state index in [0.717, 1.165) is 12.3 Å². The van der Waals surface area contributed by atoms with Crippen molar-refractivity contribution in [3.05, 3.63) is 45.9 Å². The fraction of sp³-hybridized carbons (Fsp3) is 0.409. The number of hydrogen-bond acceptors (Lipinski definition) is 10. The minimum Gasteiger partial charge on any atom is -0.510 e. The second-order valence-corrected chi connectivity index (χ2v) is 11.1. The molecule has 188 valence electrons. The molecule has 1 aromatic rings. The molecular formula is C22H25N3O9S. The van der Waals surface area contributed by atoms with E-state index < -0.39 is 73.8 Å². The summed E-state index contributed by atoms with van der Waals surface area (Å²) in [5.74, 6) is -7.64. The molecule has 12 nitrogen and oxygen atoms in total. The van der Waals surface area contributed by atoms with Gasteiger partial charge in [0.2, 0.25) is 15.8 Å². The molecule has 1 unspecified atom stereocenters. The predicted octanol–water partition coefficient (Wildman–Crippen LogP) is -0.508. The van der Waals surface area contributed by atoms with E-state index in [2.05, 4.69) is 4.72 Å². The van der Waals surface area contributed by atoms with Crippen molar-refractivity contribution >= 4 is 33.2 Å². The van der Waals surface area contributed by atoms with Crippen LogP contribution in [0.25, 0.3) is 0 Å². The molecule has 0 heterocycles. The van der Waals surface area contributed by atoms with Crippen LogP contribution >= 0.6 is 0 Å². The van der Waals surface area contributed by atoms with Crippen LogP contribution in [0.5, 0.6) is 5.75 Å². The lowest BCUT2D eigenvalue weighted by Crippen LogP contribution is -2.63. The third kappa shape index (κ3) is 3.49. The lowest BCUT2D eigenvalue weighted by Gasteiger charge is -2.50. The van der Waals surface area contributed by atoms with Crippen LogP contribution in [0.15, 0.2) is 34.8 Å². The van der Waals surface area contributed by atoms with Gasteiger partial charge in [-0.3, -0.25) is 24.0 Å². The molecule has 1 amide bonds. The molecule has 35 heavy (non-hydrogen) atoms. The molecule has 4 rings (SSSR count). The van der Waals surface area contributed by atoms with Crippen LogP contribution in [0.1, 0.15) is 22.3 Å². The number of primary amides is 1. The first kappa shape index (κ1) is 24.7. The van der Waals surface area contributed by atoms with Crippen LogP contribution in [-0.4, -0.2) is 83.2 Å². The third-order valence-electron chi connectivity index (χ3n) is 6.90. The predicted molar refractivity (Wildman–Crippen MR) is 122 cm³/mol. The molecule has 0 spiro atoms. The SMILES string of the molecule is CN(C)C1C(O)=C(C(N)=O)C(=O)[C@@]2(O)C(O)=C3C(=O)c4c(O)ccc(NS(C)(=O)=O)c4C[C@@H]3C[C@@H]12. The number of aliphatic hydroxyl groups excluding tert-OH is 2. The zero-order valence-corrected chi connectivity index (χ0v) is 19.9. The molecule has 0 fully saturated rings. The summed E-state index contributed by atoms with van der Waals surface area (Å²) in [4.78, 5) is 40.1. The number of phenols is 1. The fourth-order valence-electron chi connectivity index (χ4n) is 5.55. The number of phenolic OH excluding ortho intramolecular Hbond substituents is 1. The lowest BCUT2D eigenvalue weighted by molar-refractivity contribution is -0.148. The number of sulfonamides is 1. The van der Waals surface area contributed by atoms with E-state index in [1.54, 1.807) is 0 Å². The van der Waals surface area contributed by atoms with Crippen molar-refractivity contribution in [3.63, 3.8) is 0 Å². The molecule has 0 aliphatic heterocycles. The van der Waals surface area contributed by atoms with Crippen LogP contribution in [-0.2, 0) is 26.0 Å². The second-order valence-electron chi connectivity index (χ2n) is 9.32. The standard InChI is InChI=1S/C22H25N3O9S/c1-25(2)16-10-7-8-6-9-11(24-35(3,33)34)4-5-12(26)14(9)17(27)13(8)19(29)22(10,32)20(30)15(18(16)28)21(23)31/h4-5,8,10,16,24,26,28-29,32H,6-7H2,1-3H3,(H2,23,31)/t8-,10+,16?,22+/m1/s1. The second kappa shape index (κ2) is 7.80. The first-order chi connectivity index (χ1) is 16.1. The van der Waals surface area contributed by atoms with E-state index in [-0.39, 0.29) is 35.2 Å². The summed E-state index contributed by atoms with van der Waals surface area (Å²) >= 11 is 0. The smallest absolute Gasteiger partial charge is 0.255 e. The average molecular weight is 508 g/mol. The number of aliphatic hydroxyl groups is 3. The number of nitrogens with zero attached hydrogens (tertiary/aromatic N) is 1. The van der Waals surface area contributed by atoms with Crippen molar-refractivity contribution in [2.24, 2.45) is 17.6 Å². The fourth-order valence-corrected chi connectivity index (χ4v) is 6.14. The highest BCUT2D eigenvalue weighted by molar-refractivity contribution is 7.92. The van der Waals surface area contributed by atoms with Gasteiger partial charge in [0, 0.05) is 11.5 Å². The third-order valence-corrected chi connectivity index (χ3v) is 7.49. The Kier molecular flexibility index (Phi) is 5.50. The Morgan fingerprint density at radius 1 is 1.20 bits per heavy atom. The summed E-state index contributed by atoms with van der Waals surface area (Å²) in [5, 5.41) is 43.8. The number of allylic oxidation sites excluding steroid dienone is 1. The van der Waals surface area contributed by atoms with Gasteiger partial charge >= 0.3 is 0 Å². The van der Waals surface area contributed by atoms with E-state index in [9.17, 15) is 43.2 Å². The summed E-state index contributed by atoms with van der Waals surface area (Å²) in [6, 6.07) is 1.30. The number of rotatable bonds is 4. The van der Waals surface area contributed by atoms with Crippen molar-refractivity contribution in [3.8, 4) is 5.75 Å². The zero-order valence-electron chi connectivity index (χ0n) is 19.1. The number of Topliss-reactive ketones (excluding diaryl/α,β-unsaturated/α-hetero) is 2. The Labute approximate surface area is 200 Å². The van der Waals surface area contributed by atoms with E-state index in [1.807, 2.05) is 0 Å². The summed E-state index contributed by atoms with van der Waals surface area (Å²) in [6.07, 6.45) is 0.802. The molecule has 7 N–H and O–H groups in total. The Hall–Kier alpha value is -3.42. The highest BCUT2D eigenvalue weighted by Gasteiger charge is 2.63. The number of fused-ring (bicyclic) bond motifs is 3. The normalized spacial score (nSPS) is 28.5. The topological polar surface area (TPSA) is 208 Å². The Balaban J connectivity index is 1.96. The molecule has 0 bridgehead atoms. The number of nitrogens with two attached hydrogens (primary N) is 1. The minimum atomic E-state index is -3.74. The van der Waals surface area contributed by atoms with Crippen molar-refractivity contribution in [2.75, 3.05) is 25.1 Å². The lowest BCUT2D eigenvalue weighted by atomic mass is 9.58. The number of likely N-dealkylation sites (N-methyl/N-ethyl adjacent to an activating group) is 1. The quantitative estimate of drug-likeness (QED) is 0.227. The number of anilines is 1. The monoisotopic (exact) mass is 507 g/mol. The van der Waals surface area contributed by atoms with Gasteiger partial charge in [-0.15, -0.1) is 0 Å². The highest BCUT2D eigenvalue weighted by Crippen LogP contribution is 2.52. The van der Waals surface area contributed by atoms with E-state index in [1.165, 1.54) is 25.1 Å². The summed E-state index contributed by atoms with van der Waals surface area (Å²) < 4.78 is 26.0. The number of carbonyl (C=O) groups excluding carboxylic acids is 3. The number of nitrogens with one attached hydrogen (secondary N) is 1. The number of hydrogen-bond donors (Lipinski definition) is 6. The number of carbonyl (C=O) groups is 3. The first-order valence-corrected chi connectivity index (χ1v) is 12.5. The molecule has 3 aliphatic carbocycles. The van der Waals surface area contributed by atoms with Crippen LogP contribution in [0.2, 0.25) is 0 Å². The maximum absolute atomic E-state index is 13.5. The van der Waals surface area contributed by atoms with Crippen molar-refractivity contribution < 1.29 is 43.2 Å². The van der Waals surface area contributed by atoms with Crippen LogP contribution in [0.3, 0.4) is 0 Å². The van der Waals surface area contributed by atoms with Crippen LogP contribution in [0, 0.1) is 11.8 Å². The molecule has 0 radical (unpaired) electrons. The summed E-state index contributed by atoms with van der Waals surface area (Å²) in [7, 11) is -0.683. The molecule has 1 aromatic carbocycles. The molecule has 0 saturated carbocycles. The van der Waals surface area contributed by atoms with Gasteiger partial charge < -0.3 is 26.2 Å². The molecule has 3 aliphatic rings. The minimum absolute atomic E-state index is 0.0270. The Morgan fingerprint density at radius 2 is 1.83 bits per heavy atom. The first-order valence-electron chi connectivity index (χ1n) is 10.6. The maximum atomic E-state index is 13.5. The zero-order chi connectivity index (χ0) is 26.2. The number of amides is 1. The van der Waals surface area contributed by atoms with E-state index >= 15 is 0 Å². The molecule has 13 heteroatoms. The van der Waals surface area contributed by atoms with Gasteiger partial charge in [0.1, 0.15) is 22.8 Å². The van der Waals surface area contributed by atoms with Gasteiger partial charge in [0.15, 0.2) is 11.4 Å². The van der Waals surface area contributed by atoms with Crippen molar-refractivity contribution in [2.45, 2.75) is 24.5 Å². The van der Waals surface area contributed by atoms with Crippen molar-refractivity contribution in [1.29, 1.82) is 0 Å². The molecule has 4 atom stereocenters. The van der Waals surface area contributed by atoms with Gasteiger partial charge in [0.05, 0.1) is 23.5 Å².